The quantitative estimate of drug-likeness (QED) is 0.445. The molecule has 0 N–H and O–H groups in total. The van der Waals surface area contributed by atoms with E-state index in [-0.39, 0.29) is 18.0 Å². The van der Waals surface area contributed by atoms with Gasteiger partial charge in [0, 0.05) is 37.4 Å². The smallest absolute Gasteiger partial charge is 0.244 e. The van der Waals surface area contributed by atoms with Gasteiger partial charge in [-0.2, -0.15) is 0 Å². The molecule has 2 aliphatic heterocycles. The maximum Gasteiger partial charge on any atom is 0.244 e. The number of amides is 1. The Morgan fingerprint density at radius 2 is 1.79 bits per heavy atom. The molecule has 2 aromatic heterocycles. The van der Waals surface area contributed by atoms with E-state index in [0.717, 1.165) is 41.2 Å². The number of ether oxygens (including phenoxy) is 1. The molecule has 170 valence electrons. The molecule has 4 aromatic rings. The van der Waals surface area contributed by atoms with E-state index < -0.39 is 0 Å². The molecule has 2 aliphatic rings. The summed E-state index contributed by atoms with van der Waals surface area (Å²) < 4.78 is 7.64. The topological polar surface area (TPSA) is 63.5 Å². The van der Waals surface area contributed by atoms with E-state index in [1.807, 2.05) is 52.1 Å². The number of benzene rings is 2. The molecule has 0 radical (unpaired) electrons. The summed E-state index contributed by atoms with van der Waals surface area (Å²) in [4.78, 5) is 26.5. The minimum Gasteiger partial charge on any atom is -0.495 e. The Balaban J connectivity index is 1.26. The van der Waals surface area contributed by atoms with Crippen LogP contribution in [0.3, 0.4) is 0 Å². The van der Waals surface area contributed by atoms with Gasteiger partial charge < -0.3 is 9.64 Å². The third kappa shape index (κ3) is 3.45. The normalized spacial score (nSPS) is 19.7. The number of likely N-dealkylation sites (tertiary alicyclic amines) is 1. The standard InChI is InChI=1S/C27H25N5O2/c1-34-25-11-10-20(19-7-3-2-4-8-19)15-23(25)32-22-16-24(26(32)33)30(18-22)17-21-9-5-14-31(21)27-28-12-6-13-29-27/h2-15,22,24H,16-18H2,1H3/t22-,24-/m0/s1. The van der Waals surface area contributed by atoms with E-state index >= 15 is 0 Å². The number of fused-ring (bicyclic) bond motifs is 2. The number of nitrogens with zero attached hydrogens (tertiary/aromatic N) is 5. The van der Waals surface area contributed by atoms with Gasteiger partial charge in [-0.3, -0.25) is 14.3 Å². The Labute approximate surface area is 198 Å². The molecule has 34 heavy (non-hydrogen) atoms. The first-order chi connectivity index (χ1) is 16.7. The summed E-state index contributed by atoms with van der Waals surface area (Å²) in [6, 6.07) is 22.1. The Morgan fingerprint density at radius 3 is 2.56 bits per heavy atom. The van der Waals surface area contributed by atoms with Crippen molar-refractivity contribution in [1.82, 2.24) is 19.4 Å². The lowest BCUT2D eigenvalue weighted by Gasteiger charge is -2.34. The summed E-state index contributed by atoms with van der Waals surface area (Å²) in [5, 5.41) is 0. The molecule has 2 aromatic carbocycles. The molecule has 2 fully saturated rings. The van der Waals surface area contributed by atoms with Crippen LogP contribution in [0.25, 0.3) is 17.1 Å². The van der Waals surface area contributed by atoms with Gasteiger partial charge >= 0.3 is 0 Å². The summed E-state index contributed by atoms with van der Waals surface area (Å²) in [6.07, 6.45) is 6.26. The predicted octanol–water partition coefficient (Wildman–Crippen LogP) is 3.93. The summed E-state index contributed by atoms with van der Waals surface area (Å²) in [6.45, 7) is 1.49. The van der Waals surface area contributed by atoms with Crippen LogP contribution in [0.1, 0.15) is 12.1 Å². The zero-order chi connectivity index (χ0) is 23.1. The first-order valence-electron chi connectivity index (χ1n) is 11.5. The molecule has 2 saturated heterocycles. The lowest BCUT2D eigenvalue weighted by atomic mass is 10.0. The number of aromatic nitrogens is 3. The van der Waals surface area contributed by atoms with Crippen LogP contribution in [0, 0.1) is 0 Å². The van der Waals surface area contributed by atoms with Gasteiger partial charge in [-0.1, -0.05) is 36.4 Å². The highest BCUT2D eigenvalue weighted by Crippen LogP contribution is 2.42. The van der Waals surface area contributed by atoms with Crippen molar-refractivity contribution in [1.29, 1.82) is 0 Å². The maximum atomic E-state index is 13.6. The van der Waals surface area contributed by atoms with Crippen molar-refractivity contribution < 1.29 is 9.53 Å². The van der Waals surface area contributed by atoms with E-state index in [2.05, 4.69) is 39.1 Å². The van der Waals surface area contributed by atoms with Crippen LogP contribution in [-0.4, -0.2) is 51.1 Å². The van der Waals surface area contributed by atoms with Crippen LogP contribution in [0.15, 0.2) is 85.3 Å². The lowest BCUT2D eigenvalue weighted by Crippen LogP contribution is -2.50. The highest BCUT2D eigenvalue weighted by molar-refractivity contribution is 6.03. The number of hydrogen-bond acceptors (Lipinski definition) is 5. The Kier molecular flexibility index (Phi) is 5.11. The number of rotatable bonds is 6. The van der Waals surface area contributed by atoms with Crippen LogP contribution in [-0.2, 0) is 11.3 Å². The second-order valence-corrected chi connectivity index (χ2v) is 8.71. The molecule has 7 heteroatoms. The van der Waals surface area contributed by atoms with Crippen molar-refractivity contribution in [2.75, 3.05) is 18.6 Å². The van der Waals surface area contributed by atoms with E-state index in [1.165, 1.54) is 0 Å². The van der Waals surface area contributed by atoms with Gasteiger partial charge in [-0.25, -0.2) is 9.97 Å². The fourth-order valence-electron chi connectivity index (χ4n) is 5.21. The monoisotopic (exact) mass is 451 g/mol. The van der Waals surface area contributed by atoms with Crippen LogP contribution >= 0.6 is 0 Å². The molecule has 2 atom stereocenters. The van der Waals surface area contributed by atoms with Crippen molar-refractivity contribution >= 4 is 11.6 Å². The largest absolute Gasteiger partial charge is 0.495 e. The Bertz CT molecular complexity index is 1320. The summed E-state index contributed by atoms with van der Waals surface area (Å²) in [5.74, 6) is 1.50. The minimum atomic E-state index is -0.143. The minimum absolute atomic E-state index is 0.119. The van der Waals surface area contributed by atoms with Crippen molar-refractivity contribution in [2.45, 2.75) is 25.0 Å². The predicted molar refractivity (Wildman–Crippen MR) is 130 cm³/mol. The molecular formula is C27H25N5O2. The zero-order valence-electron chi connectivity index (χ0n) is 18.9. The first kappa shape index (κ1) is 20.6. The first-order valence-corrected chi connectivity index (χ1v) is 11.5. The van der Waals surface area contributed by atoms with Gasteiger partial charge in [-0.15, -0.1) is 0 Å². The molecule has 4 heterocycles. The van der Waals surface area contributed by atoms with Gasteiger partial charge in [0.25, 0.3) is 0 Å². The molecule has 6 rings (SSSR count). The highest BCUT2D eigenvalue weighted by Gasteiger charge is 2.50. The summed E-state index contributed by atoms with van der Waals surface area (Å²) >= 11 is 0. The number of anilines is 1. The lowest BCUT2D eigenvalue weighted by molar-refractivity contribution is -0.122. The van der Waals surface area contributed by atoms with Gasteiger partial charge in [-0.05, 0) is 47.9 Å². The number of carbonyl (C=O) groups excluding carboxylic acids is 1. The molecule has 0 saturated carbocycles. The average molecular weight is 452 g/mol. The van der Waals surface area contributed by atoms with E-state index in [0.29, 0.717) is 12.5 Å². The van der Waals surface area contributed by atoms with Gasteiger partial charge in [0.1, 0.15) is 5.75 Å². The third-order valence-corrected chi connectivity index (χ3v) is 6.78. The van der Waals surface area contributed by atoms with Crippen LogP contribution in [0.2, 0.25) is 0 Å². The van der Waals surface area contributed by atoms with Crippen molar-refractivity contribution in [2.24, 2.45) is 0 Å². The molecule has 0 spiro atoms. The molecule has 0 unspecified atom stereocenters. The van der Waals surface area contributed by atoms with Crippen molar-refractivity contribution in [3.63, 3.8) is 0 Å². The van der Waals surface area contributed by atoms with Gasteiger partial charge in [0.05, 0.1) is 24.9 Å². The van der Waals surface area contributed by atoms with Crippen molar-refractivity contribution in [3.8, 4) is 22.8 Å². The fraction of sp³-hybridized carbons (Fsp3) is 0.222. The number of piperazine rings is 1. The number of methoxy groups -OCH3 is 1. The second-order valence-electron chi connectivity index (χ2n) is 8.71. The molecule has 7 nitrogen and oxygen atoms in total. The van der Waals surface area contributed by atoms with Gasteiger partial charge in [0.15, 0.2) is 0 Å². The van der Waals surface area contributed by atoms with E-state index in [4.69, 9.17) is 4.74 Å². The van der Waals surface area contributed by atoms with Crippen LogP contribution in [0.4, 0.5) is 5.69 Å². The molecular weight excluding hydrogens is 426 g/mol. The second kappa shape index (κ2) is 8.43. The molecule has 1 amide bonds. The number of carbonyl (C=O) groups is 1. The highest BCUT2D eigenvalue weighted by atomic mass is 16.5. The van der Waals surface area contributed by atoms with E-state index in [1.54, 1.807) is 25.6 Å². The van der Waals surface area contributed by atoms with Gasteiger partial charge in [0.2, 0.25) is 11.9 Å². The van der Waals surface area contributed by atoms with Crippen LogP contribution < -0.4 is 9.64 Å². The molecule has 0 aliphatic carbocycles. The fourth-order valence-corrected chi connectivity index (χ4v) is 5.21. The third-order valence-electron chi connectivity index (χ3n) is 6.78. The van der Waals surface area contributed by atoms with E-state index in [9.17, 15) is 4.79 Å². The Morgan fingerprint density at radius 1 is 0.971 bits per heavy atom. The van der Waals surface area contributed by atoms with Crippen molar-refractivity contribution in [3.05, 3.63) is 91.0 Å². The zero-order valence-corrected chi connectivity index (χ0v) is 18.9. The Hall–Kier alpha value is -3.97. The maximum absolute atomic E-state index is 13.6. The number of hydrogen-bond donors (Lipinski definition) is 0. The molecule has 2 bridgehead atoms. The average Bonchev–Trinajstić information content (AvgIpc) is 3.60. The summed E-state index contributed by atoms with van der Waals surface area (Å²) in [5.41, 5.74) is 4.11. The summed E-state index contributed by atoms with van der Waals surface area (Å²) in [7, 11) is 1.66. The SMILES string of the molecule is COc1ccc(-c2ccccc2)cc1N1C(=O)[C@@H]2C[C@H]1CN2Cc1cccn1-c1ncccn1. The van der Waals surface area contributed by atoms with Crippen LogP contribution in [0.5, 0.6) is 5.75 Å².